The summed E-state index contributed by atoms with van der Waals surface area (Å²) in [5.74, 6) is -1.16. The number of rotatable bonds is 3. The van der Waals surface area contributed by atoms with Crippen LogP contribution in [0.5, 0.6) is 0 Å². The van der Waals surface area contributed by atoms with E-state index < -0.39 is 12.0 Å². The maximum Gasteiger partial charge on any atom is 0.326 e. The minimum absolute atomic E-state index is 0.0513. The van der Waals surface area contributed by atoms with Crippen molar-refractivity contribution < 1.29 is 19.8 Å². The third kappa shape index (κ3) is 2.83. The van der Waals surface area contributed by atoms with E-state index in [-0.39, 0.29) is 30.1 Å². The van der Waals surface area contributed by atoms with Gasteiger partial charge in [-0.05, 0) is 31.6 Å². The fourth-order valence-electron chi connectivity index (χ4n) is 3.20. The fraction of sp³-hybridized carbons (Fsp3) is 0.846. The van der Waals surface area contributed by atoms with Crippen molar-refractivity contribution in [1.29, 1.82) is 0 Å². The van der Waals surface area contributed by atoms with Crippen LogP contribution < -0.4 is 5.32 Å². The Bertz CT molecular complexity index is 358. The first-order valence-corrected chi connectivity index (χ1v) is 6.89. The number of carbonyl (C=O) groups excluding carboxylic acids is 1. The van der Waals surface area contributed by atoms with E-state index in [0.717, 1.165) is 12.8 Å². The fourth-order valence-corrected chi connectivity index (χ4v) is 3.20. The van der Waals surface area contributed by atoms with E-state index in [1.54, 1.807) is 18.7 Å². The summed E-state index contributed by atoms with van der Waals surface area (Å²) in [4.78, 5) is 25.1. The van der Waals surface area contributed by atoms with Gasteiger partial charge in [0.05, 0.1) is 6.10 Å². The molecule has 0 aromatic carbocycles. The number of carboxylic acid groups (broad SMARTS) is 1. The molecule has 0 aromatic rings. The number of aliphatic carboxylic acids is 1. The Morgan fingerprint density at radius 1 is 1.21 bits per heavy atom. The summed E-state index contributed by atoms with van der Waals surface area (Å²) in [6, 6.07) is -1.06. The maximum atomic E-state index is 12.3. The van der Waals surface area contributed by atoms with E-state index in [1.807, 2.05) is 0 Å². The number of piperidine rings is 1. The average Bonchev–Trinajstić information content (AvgIpc) is 2.57. The van der Waals surface area contributed by atoms with Crippen LogP contribution >= 0.6 is 0 Å². The van der Waals surface area contributed by atoms with E-state index >= 15 is 0 Å². The van der Waals surface area contributed by atoms with Crippen molar-refractivity contribution in [2.24, 2.45) is 5.92 Å². The number of hydrogen-bond acceptors (Lipinski definition) is 3. The second kappa shape index (κ2) is 5.36. The summed E-state index contributed by atoms with van der Waals surface area (Å²) in [6.07, 6.45) is 2.66. The summed E-state index contributed by atoms with van der Waals surface area (Å²) in [6.45, 7) is 3.54. The zero-order chi connectivity index (χ0) is 14.2. The van der Waals surface area contributed by atoms with Gasteiger partial charge in [-0.15, -0.1) is 0 Å². The molecule has 0 radical (unpaired) electrons. The standard InChI is InChI=1S/C13H22N2O4/c1-7(2)11(12(17)18)14-13(19)15-8-3-4-9(15)6-10(16)5-8/h7-11,16H,3-6H2,1-2H3,(H,14,19)(H,17,18)/t8?,9?,10?,11-/m0/s1. The monoisotopic (exact) mass is 270 g/mol. The second-order valence-electron chi connectivity index (χ2n) is 5.93. The van der Waals surface area contributed by atoms with Crippen molar-refractivity contribution in [2.45, 2.75) is 63.8 Å². The normalized spacial score (nSPS) is 31.4. The molecule has 0 spiro atoms. The van der Waals surface area contributed by atoms with Gasteiger partial charge < -0.3 is 20.4 Å². The van der Waals surface area contributed by atoms with E-state index in [2.05, 4.69) is 5.32 Å². The quantitative estimate of drug-likeness (QED) is 0.707. The summed E-state index contributed by atoms with van der Waals surface area (Å²) in [5.41, 5.74) is 0. The molecule has 6 nitrogen and oxygen atoms in total. The number of carbonyl (C=O) groups is 2. The van der Waals surface area contributed by atoms with Gasteiger partial charge in [0.15, 0.2) is 0 Å². The number of aliphatic hydroxyl groups excluding tert-OH is 1. The Morgan fingerprint density at radius 3 is 2.16 bits per heavy atom. The highest BCUT2D eigenvalue weighted by atomic mass is 16.4. The van der Waals surface area contributed by atoms with Crippen LogP contribution in [-0.2, 0) is 4.79 Å². The van der Waals surface area contributed by atoms with Crippen molar-refractivity contribution >= 4 is 12.0 Å². The van der Waals surface area contributed by atoms with E-state index in [4.69, 9.17) is 5.11 Å². The van der Waals surface area contributed by atoms with Crippen LogP contribution in [0.4, 0.5) is 4.79 Å². The van der Waals surface area contributed by atoms with Crippen LogP contribution in [0.15, 0.2) is 0 Å². The van der Waals surface area contributed by atoms with E-state index in [0.29, 0.717) is 12.8 Å². The Kier molecular flexibility index (Phi) is 3.99. The number of amides is 2. The maximum absolute atomic E-state index is 12.3. The molecule has 0 aliphatic carbocycles. The minimum Gasteiger partial charge on any atom is -0.480 e. The Hall–Kier alpha value is -1.30. The third-order valence-electron chi connectivity index (χ3n) is 4.15. The van der Waals surface area contributed by atoms with Crippen LogP contribution in [0.3, 0.4) is 0 Å². The number of fused-ring (bicyclic) bond motifs is 2. The van der Waals surface area contributed by atoms with Crippen molar-refractivity contribution in [3.05, 3.63) is 0 Å². The number of nitrogens with one attached hydrogen (secondary N) is 1. The van der Waals surface area contributed by atoms with Crippen LogP contribution in [0, 0.1) is 5.92 Å². The summed E-state index contributed by atoms with van der Waals surface area (Å²) in [7, 11) is 0. The smallest absolute Gasteiger partial charge is 0.326 e. The molecule has 2 saturated heterocycles. The molecule has 2 unspecified atom stereocenters. The predicted octanol–water partition coefficient (Wildman–Crippen LogP) is 0.793. The van der Waals surface area contributed by atoms with Crippen molar-refractivity contribution in [3.63, 3.8) is 0 Å². The number of carboxylic acids is 1. The lowest BCUT2D eigenvalue weighted by Gasteiger charge is -2.38. The molecule has 2 heterocycles. The van der Waals surface area contributed by atoms with Crippen molar-refractivity contribution in [1.82, 2.24) is 10.2 Å². The molecule has 3 atom stereocenters. The van der Waals surface area contributed by atoms with E-state index in [9.17, 15) is 14.7 Å². The van der Waals surface area contributed by atoms with Crippen LogP contribution in [0.1, 0.15) is 39.5 Å². The van der Waals surface area contributed by atoms with Gasteiger partial charge in [0, 0.05) is 12.1 Å². The van der Waals surface area contributed by atoms with Gasteiger partial charge in [-0.2, -0.15) is 0 Å². The molecule has 0 saturated carbocycles. The first-order valence-electron chi connectivity index (χ1n) is 6.89. The van der Waals surface area contributed by atoms with E-state index in [1.165, 1.54) is 0 Å². The summed E-state index contributed by atoms with van der Waals surface area (Å²) >= 11 is 0. The summed E-state index contributed by atoms with van der Waals surface area (Å²) in [5, 5.41) is 21.4. The second-order valence-corrected chi connectivity index (χ2v) is 5.93. The molecule has 2 amide bonds. The minimum atomic E-state index is -1.01. The molecule has 2 aliphatic heterocycles. The van der Waals surface area contributed by atoms with Crippen LogP contribution in [-0.4, -0.2) is 51.3 Å². The highest BCUT2D eigenvalue weighted by molar-refractivity contribution is 5.83. The number of nitrogens with zero attached hydrogens (tertiary/aromatic N) is 1. The SMILES string of the molecule is CC(C)[C@H](NC(=O)N1C2CCC1CC(O)C2)C(=O)O. The summed E-state index contributed by atoms with van der Waals surface area (Å²) < 4.78 is 0. The molecule has 2 aliphatic rings. The Balaban J connectivity index is 2.02. The zero-order valence-corrected chi connectivity index (χ0v) is 11.4. The molecule has 2 fully saturated rings. The molecule has 6 heteroatoms. The molecule has 2 bridgehead atoms. The molecule has 19 heavy (non-hydrogen) atoms. The molecule has 0 aromatic heterocycles. The zero-order valence-electron chi connectivity index (χ0n) is 11.4. The van der Waals surface area contributed by atoms with Crippen molar-refractivity contribution in [2.75, 3.05) is 0 Å². The first kappa shape index (κ1) is 14.1. The molecular formula is C13H22N2O4. The van der Waals surface area contributed by atoms with Gasteiger partial charge in [0.2, 0.25) is 0 Å². The van der Waals surface area contributed by atoms with Crippen LogP contribution in [0.25, 0.3) is 0 Å². The molecular weight excluding hydrogens is 248 g/mol. The largest absolute Gasteiger partial charge is 0.480 e. The van der Waals surface area contributed by atoms with Gasteiger partial charge in [-0.3, -0.25) is 0 Å². The van der Waals surface area contributed by atoms with Gasteiger partial charge in [0.1, 0.15) is 6.04 Å². The number of aliphatic hydroxyl groups is 1. The van der Waals surface area contributed by atoms with Gasteiger partial charge in [-0.1, -0.05) is 13.8 Å². The average molecular weight is 270 g/mol. The highest BCUT2D eigenvalue weighted by Gasteiger charge is 2.43. The Morgan fingerprint density at radius 2 is 1.74 bits per heavy atom. The highest BCUT2D eigenvalue weighted by Crippen LogP contribution is 2.35. The van der Waals surface area contributed by atoms with Gasteiger partial charge in [0.25, 0.3) is 0 Å². The lowest BCUT2D eigenvalue weighted by Crippen LogP contribution is -2.56. The number of urea groups is 1. The third-order valence-corrected chi connectivity index (χ3v) is 4.15. The number of hydrogen-bond donors (Lipinski definition) is 3. The van der Waals surface area contributed by atoms with Gasteiger partial charge >= 0.3 is 12.0 Å². The van der Waals surface area contributed by atoms with Gasteiger partial charge in [-0.25, -0.2) is 9.59 Å². The topological polar surface area (TPSA) is 89.9 Å². The predicted molar refractivity (Wildman–Crippen MR) is 68.7 cm³/mol. The lowest BCUT2D eigenvalue weighted by molar-refractivity contribution is -0.140. The molecule has 2 rings (SSSR count). The van der Waals surface area contributed by atoms with Crippen LogP contribution in [0.2, 0.25) is 0 Å². The molecule has 108 valence electrons. The lowest BCUT2D eigenvalue weighted by atomic mass is 10.00. The molecule has 3 N–H and O–H groups in total. The first-order chi connectivity index (χ1) is 8.90. The Labute approximate surface area is 112 Å². The van der Waals surface area contributed by atoms with Crippen molar-refractivity contribution in [3.8, 4) is 0 Å².